The van der Waals surface area contributed by atoms with Crippen LogP contribution < -0.4 is 4.74 Å². The number of amides is 1. The van der Waals surface area contributed by atoms with Crippen molar-refractivity contribution >= 4 is 12.1 Å². The number of pyridine rings is 1. The normalized spacial score (nSPS) is 18.2. The standard InChI is InChI=1S/C22H31N5O5/c1-4-5-11-31-22(30)26(2)14-19-20(24-25-27(19)3)18-10-9-17(13-23-18)32-16-8-6-7-15(12-16)21(28)29/h9-10,13,15-16H,4-8,11-12,14H2,1-3H3,(H,28,29)/t15?,16-/m0/s1. The van der Waals surface area contributed by atoms with Crippen molar-refractivity contribution in [2.45, 2.75) is 58.1 Å². The SMILES string of the molecule is CCCCOC(=O)N(C)Cc1c(-c2ccc(O[C@H]3CCCC(C(=O)O)C3)cn2)nnn1C. The van der Waals surface area contributed by atoms with Crippen LogP contribution in [0.1, 0.15) is 51.1 Å². The molecule has 2 atom stereocenters. The van der Waals surface area contributed by atoms with Gasteiger partial charge in [-0.3, -0.25) is 9.78 Å². The lowest BCUT2D eigenvalue weighted by Crippen LogP contribution is -2.29. The molecule has 0 spiro atoms. The van der Waals surface area contributed by atoms with Gasteiger partial charge in [0.2, 0.25) is 0 Å². The molecule has 10 heteroatoms. The fourth-order valence-electron chi connectivity index (χ4n) is 3.72. The van der Waals surface area contributed by atoms with E-state index in [0.29, 0.717) is 36.6 Å². The summed E-state index contributed by atoms with van der Waals surface area (Å²) in [6.45, 7) is 2.71. The van der Waals surface area contributed by atoms with Crippen molar-refractivity contribution in [1.29, 1.82) is 0 Å². The minimum atomic E-state index is -0.763. The molecule has 0 saturated heterocycles. The minimum absolute atomic E-state index is 0.128. The molecule has 1 unspecified atom stereocenters. The number of rotatable bonds is 9. The summed E-state index contributed by atoms with van der Waals surface area (Å²) in [5.74, 6) is -0.526. The second-order valence-corrected chi connectivity index (χ2v) is 8.15. The fourth-order valence-corrected chi connectivity index (χ4v) is 3.72. The summed E-state index contributed by atoms with van der Waals surface area (Å²) in [7, 11) is 3.44. The second-order valence-electron chi connectivity index (χ2n) is 8.15. The van der Waals surface area contributed by atoms with Crippen LogP contribution in [0.2, 0.25) is 0 Å². The summed E-state index contributed by atoms with van der Waals surface area (Å²) >= 11 is 0. The Hall–Kier alpha value is -3.17. The third-order valence-electron chi connectivity index (χ3n) is 5.62. The maximum absolute atomic E-state index is 12.2. The van der Waals surface area contributed by atoms with Gasteiger partial charge in [0.15, 0.2) is 0 Å². The highest BCUT2D eigenvalue weighted by molar-refractivity contribution is 5.70. The Bertz CT molecular complexity index is 914. The molecular weight excluding hydrogens is 414 g/mol. The highest BCUT2D eigenvalue weighted by atomic mass is 16.6. The number of ether oxygens (including phenoxy) is 2. The lowest BCUT2D eigenvalue weighted by Gasteiger charge is -2.27. The Kier molecular flexibility index (Phi) is 8.02. The minimum Gasteiger partial charge on any atom is -0.489 e. The molecule has 32 heavy (non-hydrogen) atoms. The third-order valence-corrected chi connectivity index (χ3v) is 5.62. The van der Waals surface area contributed by atoms with E-state index in [-0.39, 0.29) is 18.6 Å². The first-order chi connectivity index (χ1) is 15.4. The number of carbonyl (C=O) groups excluding carboxylic acids is 1. The Morgan fingerprint density at radius 2 is 2.12 bits per heavy atom. The number of carboxylic acids is 1. The smallest absolute Gasteiger partial charge is 0.409 e. The molecule has 1 fully saturated rings. The first kappa shape index (κ1) is 23.5. The Balaban J connectivity index is 1.65. The number of unbranched alkanes of at least 4 members (excludes halogenated alkanes) is 1. The van der Waals surface area contributed by atoms with E-state index in [4.69, 9.17) is 9.47 Å². The van der Waals surface area contributed by atoms with E-state index in [9.17, 15) is 14.7 Å². The molecule has 3 rings (SSSR count). The van der Waals surface area contributed by atoms with Gasteiger partial charge >= 0.3 is 12.1 Å². The van der Waals surface area contributed by atoms with Gasteiger partial charge < -0.3 is 19.5 Å². The maximum Gasteiger partial charge on any atom is 0.409 e. The topological polar surface area (TPSA) is 120 Å². The molecular formula is C22H31N5O5. The Labute approximate surface area is 187 Å². The van der Waals surface area contributed by atoms with Gasteiger partial charge in [-0.2, -0.15) is 0 Å². The molecule has 174 valence electrons. The van der Waals surface area contributed by atoms with Crippen LogP contribution in [-0.2, 0) is 23.1 Å². The van der Waals surface area contributed by atoms with Crippen molar-refractivity contribution < 1.29 is 24.2 Å². The predicted molar refractivity (Wildman–Crippen MR) is 116 cm³/mol. The van der Waals surface area contributed by atoms with E-state index >= 15 is 0 Å². The van der Waals surface area contributed by atoms with Crippen molar-refractivity contribution in [3.8, 4) is 17.1 Å². The molecule has 0 aromatic carbocycles. The van der Waals surface area contributed by atoms with Crippen LogP contribution in [0.15, 0.2) is 18.3 Å². The molecule has 0 radical (unpaired) electrons. The Morgan fingerprint density at radius 3 is 2.81 bits per heavy atom. The van der Waals surface area contributed by atoms with Crippen LogP contribution >= 0.6 is 0 Å². The molecule has 1 aliphatic rings. The summed E-state index contributed by atoms with van der Waals surface area (Å²) in [4.78, 5) is 29.4. The summed E-state index contributed by atoms with van der Waals surface area (Å²) in [6.07, 6.45) is 5.75. The number of aliphatic carboxylic acids is 1. The maximum atomic E-state index is 12.2. The molecule has 1 aliphatic carbocycles. The molecule has 2 aromatic heterocycles. The van der Waals surface area contributed by atoms with Crippen molar-refractivity contribution in [2.75, 3.05) is 13.7 Å². The first-order valence-corrected chi connectivity index (χ1v) is 11.0. The average molecular weight is 446 g/mol. The van der Waals surface area contributed by atoms with Gasteiger partial charge in [-0.25, -0.2) is 9.48 Å². The van der Waals surface area contributed by atoms with Crippen molar-refractivity contribution in [2.24, 2.45) is 13.0 Å². The zero-order valence-corrected chi connectivity index (χ0v) is 18.9. The molecule has 1 amide bonds. The van der Waals surface area contributed by atoms with Crippen LogP contribution in [0, 0.1) is 5.92 Å². The predicted octanol–water partition coefficient (Wildman–Crippen LogP) is 3.27. The third kappa shape index (κ3) is 5.95. The van der Waals surface area contributed by atoms with E-state index in [0.717, 1.165) is 31.4 Å². The average Bonchev–Trinajstić information content (AvgIpc) is 3.14. The number of nitrogens with zero attached hydrogens (tertiary/aromatic N) is 5. The number of aromatic nitrogens is 4. The number of hydrogen-bond donors (Lipinski definition) is 1. The highest BCUT2D eigenvalue weighted by Gasteiger charge is 2.28. The van der Waals surface area contributed by atoms with Gasteiger partial charge in [0.1, 0.15) is 11.4 Å². The van der Waals surface area contributed by atoms with Crippen LogP contribution in [-0.4, -0.2) is 61.8 Å². The van der Waals surface area contributed by atoms with E-state index in [2.05, 4.69) is 15.3 Å². The van der Waals surface area contributed by atoms with Gasteiger partial charge in [0, 0.05) is 14.1 Å². The first-order valence-electron chi connectivity index (χ1n) is 11.0. The van der Waals surface area contributed by atoms with Crippen molar-refractivity contribution in [1.82, 2.24) is 24.9 Å². The largest absolute Gasteiger partial charge is 0.489 e. The zero-order chi connectivity index (χ0) is 23.1. The van der Waals surface area contributed by atoms with Gasteiger partial charge in [0.25, 0.3) is 0 Å². The molecule has 2 heterocycles. The van der Waals surface area contributed by atoms with Gasteiger partial charge in [-0.15, -0.1) is 5.10 Å². The summed E-state index contributed by atoms with van der Waals surface area (Å²) in [5, 5.41) is 17.5. The molecule has 0 bridgehead atoms. The molecule has 10 nitrogen and oxygen atoms in total. The molecule has 0 aliphatic heterocycles. The molecule has 2 aromatic rings. The molecule has 1 N–H and O–H groups in total. The van der Waals surface area contributed by atoms with Crippen LogP contribution in [0.3, 0.4) is 0 Å². The summed E-state index contributed by atoms with van der Waals surface area (Å²) in [5.41, 5.74) is 1.92. The lowest BCUT2D eigenvalue weighted by molar-refractivity contribution is -0.143. The second kappa shape index (κ2) is 10.9. The fraction of sp³-hybridized carbons (Fsp3) is 0.591. The number of aryl methyl sites for hydroxylation is 1. The lowest BCUT2D eigenvalue weighted by atomic mass is 9.87. The van der Waals surface area contributed by atoms with E-state index < -0.39 is 12.1 Å². The number of hydrogen-bond acceptors (Lipinski definition) is 7. The highest BCUT2D eigenvalue weighted by Crippen LogP contribution is 2.29. The quantitative estimate of drug-likeness (QED) is 0.584. The van der Waals surface area contributed by atoms with Gasteiger partial charge in [-0.1, -0.05) is 18.6 Å². The molecule has 1 saturated carbocycles. The van der Waals surface area contributed by atoms with E-state index in [1.54, 1.807) is 37.1 Å². The zero-order valence-electron chi connectivity index (χ0n) is 18.9. The van der Waals surface area contributed by atoms with Gasteiger partial charge in [-0.05, 0) is 44.2 Å². The monoisotopic (exact) mass is 445 g/mol. The van der Waals surface area contributed by atoms with E-state index in [1.807, 2.05) is 6.92 Å². The van der Waals surface area contributed by atoms with Crippen LogP contribution in [0.25, 0.3) is 11.4 Å². The van der Waals surface area contributed by atoms with Crippen molar-refractivity contribution in [3.63, 3.8) is 0 Å². The summed E-state index contributed by atoms with van der Waals surface area (Å²) in [6, 6.07) is 3.59. The number of carboxylic acid groups (broad SMARTS) is 1. The van der Waals surface area contributed by atoms with Crippen LogP contribution in [0.4, 0.5) is 4.79 Å². The summed E-state index contributed by atoms with van der Waals surface area (Å²) < 4.78 is 12.8. The van der Waals surface area contributed by atoms with E-state index in [1.165, 1.54) is 4.90 Å². The number of carbonyl (C=O) groups is 2. The van der Waals surface area contributed by atoms with Crippen molar-refractivity contribution in [3.05, 3.63) is 24.0 Å². The van der Waals surface area contributed by atoms with Gasteiger partial charge in [0.05, 0.1) is 42.8 Å². The van der Waals surface area contributed by atoms with Crippen LogP contribution in [0.5, 0.6) is 5.75 Å². The Morgan fingerprint density at radius 1 is 1.31 bits per heavy atom.